The number of carbonyl (C=O) groups is 1. The van der Waals surface area contributed by atoms with E-state index in [4.69, 9.17) is 14.2 Å². The monoisotopic (exact) mass is 491 g/mol. The van der Waals surface area contributed by atoms with Crippen LogP contribution in [0.1, 0.15) is 12.8 Å². The van der Waals surface area contributed by atoms with Crippen LogP contribution < -0.4 is 19.0 Å². The highest BCUT2D eigenvalue weighted by molar-refractivity contribution is 7.89. The van der Waals surface area contributed by atoms with Crippen LogP contribution in [0.15, 0.2) is 46.3 Å². The lowest BCUT2D eigenvalue weighted by Crippen LogP contribution is -2.40. The van der Waals surface area contributed by atoms with E-state index in [1.165, 1.54) is 34.9 Å². The Labute approximate surface area is 195 Å². The molecule has 0 aliphatic carbocycles. The summed E-state index contributed by atoms with van der Waals surface area (Å²) in [5.41, 5.74) is 0.832. The van der Waals surface area contributed by atoms with E-state index >= 15 is 0 Å². The van der Waals surface area contributed by atoms with Gasteiger partial charge >= 0.3 is 0 Å². The first-order chi connectivity index (χ1) is 15.8. The first-order valence-corrected chi connectivity index (χ1v) is 12.5. The number of nitrogens with zero attached hydrogens (tertiary/aromatic N) is 3. The summed E-state index contributed by atoms with van der Waals surface area (Å²) in [6.07, 6.45) is 1.02. The van der Waals surface area contributed by atoms with Gasteiger partial charge in [0.05, 0.1) is 36.4 Å². The molecule has 1 aliphatic heterocycles. The molecule has 1 fully saturated rings. The minimum Gasteiger partial charge on any atom is -0.497 e. The summed E-state index contributed by atoms with van der Waals surface area (Å²) < 4.78 is 46.2. The Balaban J connectivity index is 1.68. The number of aryl methyl sites for hydroxylation is 1. The lowest BCUT2D eigenvalue weighted by molar-refractivity contribution is -0.121. The molecule has 0 N–H and O–H groups in total. The third kappa shape index (κ3) is 4.23. The molecule has 3 aromatic rings. The number of sulfonamides is 1. The van der Waals surface area contributed by atoms with Gasteiger partial charge in [0, 0.05) is 25.7 Å². The molecule has 2 aromatic carbocycles. The standard InChI is InChI=1S/C22H25N3O6S2/c1-24-17-12-18(30-3)19(31-4)13-20(17)32-22(24)23-21(26)16-6-5-11-25(16)33(27,28)15-9-7-14(29-2)8-10-15/h7-10,12-13,16H,5-6,11H2,1-4H3. The second kappa shape index (κ2) is 9.16. The first kappa shape index (κ1) is 23.3. The number of hydrogen-bond donors (Lipinski definition) is 0. The van der Waals surface area contributed by atoms with Gasteiger partial charge in [0.25, 0.3) is 5.91 Å². The lowest BCUT2D eigenvalue weighted by atomic mass is 10.2. The fourth-order valence-corrected chi connectivity index (χ4v) is 6.57. The van der Waals surface area contributed by atoms with Gasteiger partial charge in [-0.25, -0.2) is 8.42 Å². The number of aromatic nitrogens is 1. The van der Waals surface area contributed by atoms with E-state index in [-0.39, 0.29) is 11.4 Å². The molecule has 0 spiro atoms. The third-order valence-electron chi connectivity index (χ3n) is 5.68. The quantitative estimate of drug-likeness (QED) is 0.526. The van der Waals surface area contributed by atoms with Crippen LogP contribution >= 0.6 is 11.3 Å². The minimum absolute atomic E-state index is 0.120. The Morgan fingerprint density at radius 3 is 2.36 bits per heavy atom. The second-order valence-corrected chi connectivity index (χ2v) is 10.4. The van der Waals surface area contributed by atoms with Crippen LogP contribution in [0, 0.1) is 0 Å². The molecule has 1 aromatic heterocycles. The number of amides is 1. The van der Waals surface area contributed by atoms with Crippen LogP contribution in [0.25, 0.3) is 10.2 Å². The van der Waals surface area contributed by atoms with Crippen molar-refractivity contribution in [2.75, 3.05) is 27.9 Å². The Morgan fingerprint density at radius 2 is 1.73 bits per heavy atom. The molecule has 9 nitrogen and oxygen atoms in total. The summed E-state index contributed by atoms with van der Waals surface area (Å²) in [6.45, 7) is 0.271. The molecule has 1 unspecified atom stereocenters. The van der Waals surface area contributed by atoms with Crippen LogP contribution in [-0.4, -0.2) is 57.1 Å². The van der Waals surface area contributed by atoms with Crippen LogP contribution in [-0.2, 0) is 21.9 Å². The maximum atomic E-state index is 13.2. The number of carbonyl (C=O) groups excluding carboxylic acids is 1. The number of ether oxygens (including phenoxy) is 3. The Hall–Kier alpha value is -2.89. The highest BCUT2D eigenvalue weighted by Gasteiger charge is 2.39. The minimum atomic E-state index is -3.84. The van der Waals surface area contributed by atoms with Crippen molar-refractivity contribution in [2.24, 2.45) is 12.0 Å². The molecule has 176 valence electrons. The zero-order valence-electron chi connectivity index (χ0n) is 18.8. The predicted molar refractivity (Wildman–Crippen MR) is 124 cm³/mol. The molecule has 1 amide bonds. The van der Waals surface area contributed by atoms with E-state index in [9.17, 15) is 13.2 Å². The third-order valence-corrected chi connectivity index (χ3v) is 8.69. The van der Waals surface area contributed by atoms with Gasteiger partial charge in [-0.2, -0.15) is 9.30 Å². The molecule has 0 radical (unpaired) electrons. The summed E-state index contributed by atoms with van der Waals surface area (Å²) in [7, 11) is 2.59. The molecule has 2 heterocycles. The van der Waals surface area contributed by atoms with Gasteiger partial charge < -0.3 is 18.8 Å². The van der Waals surface area contributed by atoms with Gasteiger partial charge in [-0.15, -0.1) is 0 Å². The Kier molecular flexibility index (Phi) is 6.46. The van der Waals surface area contributed by atoms with E-state index in [1.54, 1.807) is 38.0 Å². The van der Waals surface area contributed by atoms with Crippen molar-refractivity contribution in [1.82, 2.24) is 8.87 Å². The smallest absolute Gasteiger partial charge is 0.266 e. The summed E-state index contributed by atoms with van der Waals surface area (Å²) in [5, 5.41) is 0. The molecular formula is C22H25N3O6S2. The van der Waals surface area contributed by atoms with Crippen molar-refractivity contribution in [2.45, 2.75) is 23.8 Å². The highest BCUT2D eigenvalue weighted by atomic mass is 32.2. The van der Waals surface area contributed by atoms with Crippen molar-refractivity contribution < 1.29 is 27.4 Å². The molecule has 11 heteroatoms. The fraction of sp³-hybridized carbons (Fsp3) is 0.364. The van der Waals surface area contributed by atoms with Gasteiger partial charge in [0.2, 0.25) is 10.0 Å². The topological polar surface area (TPSA) is 99.4 Å². The summed E-state index contributed by atoms with van der Waals surface area (Å²) in [6, 6.07) is 8.96. The molecule has 1 saturated heterocycles. The van der Waals surface area contributed by atoms with Gasteiger partial charge in [0.15, 0.2) is 16.3 Å². The van der Waals surface area contributed by atoms with E-state index in [0.717, 1.165) is 10.2 Å². The molecular weight excluding hydrogens is 466 g/mol. The van der Waals surface area contributed by atoms with Crippen molar-refractivity contribution >= 4 is 37.5 Å². The molecule has 1 atom stereocenters. The summed E-state index contributed by atoms with van der Waals surface area (Å²) in [5.74, 6) is 1.23. The average Bonchev–Trinajstić information content (AvgIpc) is 3.44. The normalized spacial score (nSPS) is 17.5. The molecule has 4 rings (SSSR count). The van der Waals surface area contributed by atoms with Gasteiger partial charge in [0.1, 0.15) is 11.8 Å². The molecule has 0 bridgehead atoms. The second-order valence-electron chi connectivity index (χ2n) is 7.52. The van der Waals surface area contributed by atoms with Crippen molar-refractivity contribution in [3.8, 4) is 17.2 Å². The van der Waals surface area contributed by atoms with E-state index in [0.29, 0.717) is 34.9 Å². The van der Waals surface area contributed by atoms with E-state index in [2.05, 4.69) is 4.99 Å². The maximum absolute atomic E-state index is 13.2. The largest absolute Gasteiger partial charge is 0.497 e. The number of thiazole rings is 1. The number of hydrogen-bond acceptors (Lipinski definition) is 7. The molecule has 33 heavy (non-hydrogen) atoms. The lowest BCUT2D eigenvalue weighted by Gasteiger charge is -2.21. The van der Waals surface area contributed by atoms with Crippen LogP contribution in [0.4, 0.5) is 0 Å². The predicted octanol–water partition coefficient (Wildman–Crippen LogP) is 2.55. The van der Waals surface area contributed by atoms with Gasteiger partial charge in [-0.05, 0) is 37.1 Å². The number of benzene rings is 2. The average molecular weight is 492 g/mol. The number of rotatable bonds is 6. The van der Waals surface area contributed by atoms with Crippen LogP contribution in [0.5, 0.6) is 17.2 Å². The van der Waals surface area contributed by atoms with E-state index in [1.807, 2.05) is 12.1 Å². The fourth-order valence-electron chi connectivity index (χ4n) is 3.89. The van der Waals surface area contributed by atoms with Gasteiger partial charge in [-0.3, -0.25) is 4.79 Å². The maximum Gasteiger partial charge on any atom is 0.266 e. The van der Waals surface area contributed by atoms with Crippen molar-refractivity contribution in [3.05, 3.63) is 41.2 Å². The SMILES string of the molecule is COc1ccc(S(=O)(=O)N2CCCC2C(=O)N=c2sc3cc(OC)c(OC)cc3n2C)cc1. The molecule has 1 aliphatic rings. The van der Waals surface area contributed by atoms with Crippen LogP contribution in [0.3, 0.4) is 0 Å². The Bertz CT molecular complexity index is 1360. The first-order valence-electron chi connectivity index (χ1n) is 10.3. The number of fused-ring (bicyclic) bond motifs is 1. The zero-order valence-corrected chi connectivity index (χ0v) is 20.4. The van der Waals surface area contributed by atoms with E-state index < -0.39 is 22.0 Å². The summed E-state index contributed by atoms with van der Waals surface area (Å²) in [4.78, 5) is 18.0. The molecule has 0 saturated carbocycles. The zero-order chi connectivity index (χ0) is 23.8. The van der Waals surface area contributed by atoms with Gasteiger partial charge in [-0.1, -0.05) is 11.3 Å². The highest BCUT2D eigenvalue weighted by Crippen LogP contribution is 2.33. The van der Waals surface area contributed by atoms with Crippen LogP contribution in [0.2, 0.25) is 0 Å². The summed E-state index contributed by atoms with van der Waals surface area (Å²) >= 11 is 1.33. The Morgan fingerprint density at radius 1 is 1.06 bits per heavy atom. The van der Waals surface area contributed by atoms with Crippen molar-refractivity contribution in [3.63, 3.8) is 0 Å². The van der Waals surface area contributed by atoms with Crippen molar-refractivity contribution in [1.29, 1.82) is 0 Å². The number of methoxy groups -OCH3 is 3.